The molecule has 6 heteroatoms. The van der Waals surface area contributed by atoms with Gasteiger partial charge in [0.05, 0.1) is 11.4 Å². The fourth-order valence-corrected chi connectivity index (χ4v) is 4.26. The number of nitrogens with zero attached hydrogens (tertiary/aromatic N) is 4. The molecule has 0 aliphatic carbocycles. The van der Waals surface area contributed by atoms with Gasteiger partial charge in [0.25, 0.3) is 0 Å². The van der Waals surface area contributed by atoms with E-state index in [4.69, 9.17) is 4.52 Å². The number of likely N-dealkylation sites (tertiary alicyclic amines) is 1. The zero-order valence-electron chi connectivity index (χ0n) is 14.1. The summed E-state index contributed by atoms with van der Waals surface area (Å²) in [5, 5.41) is 6.13. The Labute approximate surface area is 145 Å². The van der Waals surface area contributed by atoms with Crippen LogP contribution in [0.3, 0.4) is 0 Å². The summed E-state index contributed by atoms with van der Waals surface area (Å²) >= 11 is 1.64. The third-order valence-corrected chi connectivity index (χ3v) is 5.68. The van der Waals surface area contributed by atoms with Crippen LogP contribution in [0.25, 0.3) is 10.7 Å². The third-order valence-electron chi connectivity index (χ3n) is 4.82. The van der Waals surface area contributed by atoms with Crippen molar-refractivity contribution < 1.29 is 4.52 Å². The summed E-state index contributed by atoms with van der Waals surface area (Å²) in [6, 6.07) is 9.07. The summed E-state index contributed by atoms with van der Waals surface area (Å²) in [7, 11) is 0. The van der Waals surface area contributed by atoms with Crippen LogP contribution in [0.1, 0.15) is 36.2 Å². The molecule has 0 N–H and O–H groups in total. The Bertz CT molecular complexity index is 777. The maximum absolute atomic E-state index is 5.43. The van der Waals surface area contributed by atoms with Crippen LogP contribution in [-0.4, -0.2) is 32.7 Å². The van der Waals surface area contributed by atoms with E-state index in [-0.39, 0.29) is 0 Å². The molecule has 24 heavy (non-hydrogen) atoms. The first-order valence-electron chi connectivity index (χ1n) is 8.44. The minimum absolute atomic E-state index is 0.612. The summed E-state index contributed by atoms with van der Waals surface area (Å²) in [6.45, 7) is 7.28. The Hall–Kier alpha value is -1.92. The molecule has 0 bridgehead atoms. The first-order valence-corrected chi connectivity index (χ1v) is 9.32. The van der Waals surface area contributed by atoms with Crippen LogP contribution in [-0.2, 0) is 6.54 Å². The normalized spacial score (nSPS) is 16.8. The SMILES string of the molecule is Cc1ccc(C)n1C1CCN(Cc2nc(-c3cccs3)no2)CC1. The van der Waals surface area contributed by atoms with Crippen molar-refractivity contribution in [2.24, 2.45) is 0 Å². The van der Waals surface area contributed by atoms with E-state index < -0.39 is 0 Å². The monoisotopic (exact) mass is 342 g/mol. The first kappa shape index (κ1) is 15.6. The largest absolute Gasteiger partial charge is 0.346 e. The highest BCUT2D eigenvalue weighted by atomic mass is 32.1. The molecule has 5 nitrogen and oxygen atoms in total. The second-order valence-electron chi connectivity index (χ2n) is 6.48. The maximum Gasteiger partial charge on any atom is 0.241 e. The molecule has 1 saturated heterocycles. The molecule has 0 radical (unpaired) electrons. The van der Waals surface area contributed by atoms with Crippen molar-refractivity contribution in [3.05, 3.63) is 46.9 Å². The second-order valence-corrected chi connectivity index (χ2v) is 7.43. The molecule has 0 spiro atoms. The zero-order valence-corrected chi connectivity index (χ0v) is 14.9. The summed E-state index contributed by atoms with van der Waals surface area (Å²) in [5.41, 5.74) is 2.73. The van der Waals surface area contributed by atoms with Gasteiger partial charge in [-0.05, 0) is 50.3 Å². The third kappa shape index (κ3) is 3.03. The maximum atomic E-state index is 5.43. The predicted molar refractivity (Wildman–Crippen MR) is 95.1 cm³/mol. The van der Waals surface area contributed by atoms with Gasteiger partial charge in [-0.25, -0.2) is 0 Å². The van der Waals surface area contributed by atoms with Crippen molar-refractivity contribution in [2.45, 2.75) is 39.3 Å². The van der Waals surface area contributed by atoms with Crippen LogP contribution in [0.2, 0.25) is 0 Å². The molecule has 0 amide bonds. The minimum Gasteiger partial charge on any atom is -0.346 e. The number of aromatic nitrogens is 3. The van der Waals surface area contributed by atoms with Gasteiger partial charge in [-0.3, -0.25) is 4.90 Å². The number of rotatable bonds is 4. The minimum atomic E-state index is 0.612. The standard InChI is InChI=1S/C18H22N4OS/c1-13-5-6-14(2)22(13)15-7-9-21(10-8-15)12-17-19-18(20-23-17)16-4-3-11-24-16/h3-6,11,15H,7-10,12H2,1-2H3. The highest BCUT2D eigenvalue weighted by Crippen LogP contribution is 2.27. The van der Waals surface area contributed by atoms with E-state index in [1.807, 2.05) is 17.5 Å². The topological polar surface area (TPSA) is 47.1 Å². The van der Waals surface area contributed by atoms with Gasteiger partial charge in [0.2, 0.25) is 11.7 Å². The van der Waals surface area contributed by atoms with Gasteiger partial charge >= 0.3 is 0 Å². The lowest BCUT2D eigenvalue weighted by Crippen LogP contribution is -2.34. The highest BCUT2D eigenvalue weighted by molar-refractivity contribution is 7.13. The molecule has 0 unspecified atom stereocenters. The van der Waals surface area contributed by atoms with Crippen molar-refractivity contribution in [3.63, 3.8) is 0 Å². The van der Waals surface area contributed by atoms with Crippen LogP contribution < -0.4 is 0 Å². The average Bonchev–Trinajstić information content (AvgIpc) is 3.30. The average molecular weight is 342 g/mol. The molecule has 4 heterocycles. The van der Waals surface area contributed by atoms with E-state index in [0.717, 1.165) is 24.5 Å². The Morgan fingerprint density at radius 1 is 1.17 bits per heavy atom. The second kappa shape index (κ2) is 6.53. The van der Waals surface area contributed by atoms with E-state index in [1.54, 1.807) is 11.3 Å². The lowest BCUT2D eigenvalue weighted by Gasteiger charge is -2.33. The Morgan fingerprint density at radius 3 is 2.58 bits per heavy atom. The molecule has 1 fully saturated rings. The molecule has 4 rings (SSSR count). The van der Waals surface area contributed by atoms with Crippen molar-refractivity contribution in [1.29, 1.82) is 0 Å². The molecule has 126 valence electrons. The molecule has 0 aromatic carbocycles. The molecular weight excluding hydrogens is 320 g/mol. The molecular formula is C18H22N4OS. The molecule has 0 atom stereocenters. The van der Waals surface area contributed by atoms with E-state index in [1.165, 1.54) is 24.2 Å². The smallest absolute Gasteiger partial charge is 0.241 e. The van der Waals surface area contributed by atoms with E-state index in [0.29, 0.717) is 17.8 Å². The zero-order chi connectivity index (χ0) is 16.5. The number of hydrogen-bond donors (Lipinski definition) is 0. The number of thiophene rings is 1. The molecule has 1 aliphatic rings. The number of aryl methyl sites for hydroxylation is 2. The van der Waals surface area contributed by atoms with Crippen molar-refractivity contribution >= 4 is 11.3 Å². The van der Waals surface area contributed by atoms with E-state index in [2.05, 4.69) is 45.6 Å². The van der Waals surface area contributed by atoms with Crippen molar-refractivity contribution in [1.82, 2.24) is 19.6 Å². The lowest BCUT2D eigenvalue weighted by molar-refractivity contribution is 0.160. The van der Waals surface area contributed by atoms with Gasteiger partial charge in [0, 0.05) is 30.5 Å². The predicted octanol–water partition coefficient (Wildman–Crippen LogP) is 4.05. The van der Waals surface area contributed by atoms with Gasteiger partial charge in [0.15, 0.2) is 0 Å². The van der Waals surface area contributed by atoms with Crippen LogP contribution in [0.5, 0.6) is 0 Å². The Morgan fingerprint density at radius 2 is 1.92 bits per heavy atom. The molecule has 1 aliphatic heterocycles. The van der Waals surface area contributed by atoms with Gasteiger partial charge in [-0.15, -0.1) is 11.3 Å². The Balaban J connectivity index is 1.37. The van der Waals surface area contributed by atoms with Gasteiger partial charge in [-0.1, -0.05) is 11.2 Å². The fourth-order valence-electron chi connectivity index (χ4n) is 3.61. The first-order chi connectivity index (χ1) is 11.7. The van der Waals surface area contributed by atoms with Crippen molar-refractivity contribution in [3.8, 4) is 10.7 Å². The number of piperidine rings is 1. The van der Waals surface area contributed by atoms with Gasteiger partial charge in [0.1, 0.15) is 0 Å². The highest BCUT2D eigenvalue weighted by Gasteiger charge is 2.23. The van der Waals surface area contributed by atoms with Gasteiger partial charge in [-0.2, -0.15) is 4.98 Å². The summed E-state index contributed by atoms with van der Waals surface area (Å²) in [4.78, 5) is 8.00. The van der Waals surface area contributed by atoms with Crippen molar-refractivity contribution in [2.75, 3.05) is 13.1 Å². The van der Waals surface area contributed by atoms with Crippen LogP contribution >= 0.6 is 11.3 Å². The molecule has 0 saturated carbocycles. The van der Waals surface area contributed by atoms with Crippen LogP contribution in [0.15, 0.2) is 34.2 Å². The van der Waals surface area contributed by atoms with E-state index >= 15 is 0 Å². The summed E-state index contributed by atoms with van der Waals surface area (Å²) < 4.78 is 7.91. The summed E-state index contributed by atoms with van der Waals surface area (Å²) in [5.74, 6) is 1.42. The summed E-state index contributed by atoms with van der Waals surface area (Å²) in [6.07, 6.45) is 2.34. The van der Waals surface area contributed by atoms with Crippen LogP contribution in [0, 0.1) is 13.8 Å². The Kier molecular flexibility index (Phi) is 4.24. The fraction of sp³-hybridized carbons (Fsp3) is 0.444. The lowest BCUT2D eigenvalue weighted by atomic mass is 10.0. The quantitative estimate of drug-likeness (QED) is 0.717. The molecule has 3 aromatic rings. The van der Waals surface area contributed by atoms with Crippen LogP contribution in [0.4, 0.5) is 0 Å². The van der Waals surface area contributed by atoms with Gasteiger partial charge < -0.3 is 9.09 Å². The molecule has 3 aromatic heterocycles. The van der Waals surface area contributed by atoms with E-state index in [9.17, 15) is 0 Å². The number of hydrogen-bond acceptors (Lipinski definition) is 5.